The van der Waals surface area contributed by atoms with Crippen LogP contribution in [0.25, 0.3) is 16.6 Å². The van der Waals surface area contributed by atoms with Crippen molar-refractivity contribution < 1.29 is 18.3 Å². The van der Waals surface area contributed by atoms with Crippen LogP contribution in [0.5, 0.6) is 0 Å². The molecule has 2 N–H and O–H groups in total. The van der Waals surface area contributed by atoms with Crippen molar-refractivity contribution in [3.05, 3.63) is 59.4 Å². The van der Waals surface area contributed by atoms with Crippen LogP contribution in [0.4, 0.5) is 5.82 Å². The Labute approximate surface area is 201 Å². The summed E-state index contributed by atoms with van der Waals surface area (Å²) in [6.07, 6.45) is 1.74. The summed E-state index contributed by atoms with van der Waals surface area (Å²) in [5.74, 6) is 0.509. The molecule has 34 heavy (non-hydrogen) atoms. The summed E-state index contributed by atoms with van der Waals surface area (Å²) < 4.78 is 27.5. The van der Waals surface area contributed by atoms with Gasteiger partial charge in [0, 0.05) is 54.7 Å². The first-order valence-electron chi connectivity index (χ1n) is 11.0. The minimum Gasteiger partial charge on any atom is -0.390 e. The number of carbonyl (C=O) groups is 1. The molecular weight excluding hydrogens is 478 g/mol. The molecule has 0 aliphatic carbocycles. The molecule has 1 saturated heterocycles. The van der Waals surface area contributed by atoms with Crippen molar-refractivity contribution >= 4 is 49.7 Å². The number of amides is 1. The Bertz CT molecular complexity index is 1470. The quantitative estimate of drug-likeness (QED) is 0.420. The van der Waals surface area contributed by atoms with Crippen LogP contribution in [0, 0.1) is 0 Å². The standard InChI is InChI=1S/C23H24ClN5O4S/c24-17-4-5-19-16(12-17)13-21(26-19)34(32,33)11-6-23(31)28-9-7-27(8-10-28)22-3-1-2-20-25-18(15-30)14-29(20)22/h1-5,12-14,26,30H,6-11,15H2. The monoisotopic (exact) mass is 501 g/mol. The molecule has 1 amide bonds. The first kappa shape index (κ1) is 22.7. The van der Waals surface area contributed by atoms with Gasteiger partial charge in [-0.3, -0.25) is 9.20 Å². The highest BCUT2D eigenvalue weighted by Gasteiger charge is 2.25. The van der Waals surface area contributed by atoms with Gasteiger partial charge in [-0.1, -0.05) is 17.7 Å². The lowest BCUT2D eigenvalue weighted by atomic mass is 10.2. The Kier molecular flexibility index (Phi) is 5.97. The lowest BCUT2D eigenvalue weighted by molar-refractivity contribution is -0.131. The van der Waals surface area contributed by atoms with Gasteiger partial charge in [0.25, 0.3) is 0 Å². The lowest BCUT2D eigenvalue weighted by Crippen LogP contribution is -2.49. The van der Waals surface area contributed by atoms with E-state index in [0.717, 1.165) is 11.5 Å². The Morgan fingerprint density at radius 3 is 2.68 bits per heavy atom. The van der Waals surface area contributed by atoms with Crippen molar-refractivity contribution in [3.8, 4) is 0 Å². The van der Waals surface area contributed by atoms with Crippen molar-refractivity contribution in [2.24, 2.45) is 0 Å². The van der Waals surface area contributed by atoms with Crippen LogP contribution in [0.15, 0.2) is 53.7 Å². The number of anilines is 1. The highest BCUT2D eigenvalue weighted by molar-refractivity contribution is 7.91. The molecule has 1 aliphatic heterocycles. The minimum atomic E-state index is -3.63. The number of aliphatic hydroxyl groups is 1. The average molecular weight is 502 g/mol. The average Bonchev–Trinajstić information content (AvgIpc) is 3.46. The maximum absolute atomic E-state index is 12.8. The number of piperazine rings is 1. The number of halogens is 1. The zero-order chi connectivity index (χ0) is 23.9. The largest absolute Gasteiger partial charge is 0.390 e. The van der Waals surface area contributed by atoms with E-state index in [-0.39, 0.29) is 29.7 Å². The summed E-state index contributed by atoms with van der Waals surface area (Å²) in [7, 11) is -3.63. The van der Waals surface area contributed by atoms with Crippen molar-refractivity contribution in [1.82, 2.24) is 19.3 Å². The molecule has 0 unspecified atom stereocenters. The van der Waals surface area contributed by atoms with Gasteiger partial charge in [0.2, 0.25) is 5.91 Å². The van der Waals surface area contributed by atoms with E-state index in [0.29, 0.717) is 47.8 Å². The number of pyridine rings is 1. The van der Waals surface area contributed by atoms with Gasteiger partial charge >= 0.3 is 0 Å². The van der Waals surface area contributed by atoms with E-state index in [1.54, 1.807) is 29.2 Å². The third-order valence-corrected chi connectivity index (χ3v) is 7.98. The van der Waals surface area contributed by atoms with Gasteiger partial charge < -0.3 is 19.9 Å². The predicted octanol–water partition coefficient (Wildman–Crippen LogP) is 2.47. The zero-order valence-corrected chi connectivity index (χ0v) is 19.9. The summed E-state index contributed by atoms with van der Waals surface area (Å²) in [5.41, 5.74) is 2.04. The zero-order valence-electron chi connectivity index (χ0n) is 18.3. The molecule has 1 fully saturated rings. The van der Waals surface area contributed by atoms with Crippen LogP contribution in [-0.2, 0) is 21.2 Å². The Morgan fingerprint density at radius 1 is 1.12 bits per heavy atom. The fraction of sp³-hybridized carbons (Fsp3) is 0.304. The molecule has 0 atom stereocenters. The van der Waals surface area contributed by atoms with Crippen LogP contribution >= 0.6 is 11.6 Å². The number of carbonyl (C=O) groups excluding carboxylic acids is 1. The van der Waals surface area contributed by atoms with Gasteiger partial charge in [-0.05, 0) is 36.4 Å². The van der Waals surface area contributed by atoms with Gasteiger partial charge in [0.1, 0.15) is 16.5 Å². The number of nitrogens with one attached hydrogen (secondary N) is 1. The maximum Gasteiger partial charge on any atom is 0.223 e. The predicted molar refractivity (Wildman–Crippen MR) is 130 cm³/mol. The summed E-state index contributed by atoms with van der Waals surface area (Å²) in [5, 5.41) is 10.7. The number of imidazole rings is 1. The molecule has 11 heteroatoms. The SMILES string of the molecule is O=C(CCS(=O)(=O)c1cc2cc(Cl)ccc2[nH]1)N1CCN(c2cccc3nc(CO)cn23)CC1. The van der Waals surface area contributed by atoms with E-state index < -0.39 is 9.84 Å². The molecule has 9 nitrogen and oxygen atoms in total. The van der Waals surface area contributed by atoms with Crippen LogP contribution in [0.2, 0.25) is 5.02 Å². The van der Waals surface area contributed by atoms with E-state index in [4.69, 9.17) is 11.6 Å². The molecule has 4 aromatic rings. The van der Waals surface area contributed by atoms with Crippen LogP contribution in [0.1, 0.15) is 12.1 Å². The minimum absolute atomic E-state index is 0.0740. The van der Waals surface area contributed by atoms with Gasteiger partial charge in [-0.15, -0.1) is 0 Å². The second kappa shape index (κ2) is 8.94. The third kappa shape index (κ3) is 4.36. The third-order valence-electron chi connectivity index (χ3n) is 6.12. The molecular formula is C23H24ClN5O4S. The number of rotatable bonds is 6. The number of benzene rings is 1. The van der Waals surface area contributed by atoms with E-state index in [1.165, 1.54) is 0 Å². The summed E-state index contributed by atoms with van der Waals surface area (Å²) in [6.45, 7) is 2.11. The van der Waals surface area contributed by atoms with Crippen LogP contribution in [-0.4, -0.2) is 70.6 Å². The van der Waals surface area contributed by atoms with Crippen LogP contribution in [0.3, 0.4) is 0 Å². The van der Waals surface area contributed by atoms with Crippen molar-refractivity contribution in [1.29, 1.82) is 0 Å². The normalized spacial score (nSPS) is 14.9. The maximum atomic E-state index is 12.8. The van der Waals surface area contributed by atoms with Crippen molar-refractivity contribution in [2.75, 3.05) is 36.8 Å². The highest BCUT2D eigenvalue weighted by atomic mass is 35.5. The van der Waals surface area contributed by atoms with Crippen molar-refractivity contribution in [2.45, 2.75) is 18.1 Å². The second-order valence-electron chi connectivity index (χ2n) is 8.30. The number of sulfone groups is 1. The number of hydrogen-bond donors (Lipinski definition) is 2. The molecule has 0 radical (unpaired) electrons. The second-order valence-corrected chi connectivity index (χ2v) is 10.8. The molecule has 0 saturated carbocycles. The van der Waals surface area contributed by atoms with Gasteiger partial charge in [0.05, 0.1) is 18.1 Å². The van der Waals surface area contributed by atoms with Gasteiger partial charge in [-0.25, -0.2) is 13.4 Å². The van der Waals surface area contributed by atoms with Gasteiger partial charge in [0.15, 0.2) is 9.84 Å². The summed E-state index contributed by atoms with van der Waals surface area (Å²) >= 11 is 5.99. The molecule has 4 heterocycles. The number of aromatic nitrogens is 3. The Morgan fingerprint density at radius 2 is 1.91 bits per heavy atom. The number of fused-ring (bicyclic) bond motifs is 2. The Balaban J connectivity index is 1.21. The molecule has 1 aromatic carbocycles. The topological polar surface area (TPSA) is 111 Å². The number of aliphatic hydroxyl groups excluding tert-OH is 1. The van der Waals surface area contributed by atoms with E-state index in [2.05, 4.69) is 14.9 Å². The van der Waals surface area contributed by atoms with Crippen LogP contribution < -0.4 is 4.90 Å². The number of nitrogens with zero attached hydrogens (tertiary/aromatic N) is 4. The number of aromatic amines is 1. The van der Waals surface area contributed by atoms with Crippen molar-refractivity contribution in [3.63, 3.8) is 0 Å². The molecule has 0 bridgehead atoms. The summed E-state index contributed by atoms with van der Waals surface area (Å²) in [4.78, 5) is 23.9. The summed E-state index contributed by atoms with van der Waals surface area (Å²) in [6, 6.07) is 12.5. The Hall–Kier alpha value is -3.08. The fourth-order valence-corrected chi connectivity index (χ4v) is 5.72. The van der Waals surface area contributed by atoms with E-state index in [9.17, 15) is 18.3 Å². The lowest BCUT2D eigenvalue weighted by Gasteiger charge is -2.36. The number of hydrogen-bond acceptors (Lipinski definition) is 6. The van der Waals surface area contributed by atoms with E-state index >= 15 is 0 Å². The first-order valence-corrected chi connectivity index (χ1v) is 13.0. The molecule has 178 valence electrons. The fourth-order valence-electron chi connectivity index (χ4n) is 4.30. The molecule has 5 rings (SSSR count). The molecule has 0 spiro atoms. The van der Waals surface area contributed by atoms with E-state index in [1.807, 2.05) is 28.8 Å². The van der Waals surface area contributed by atoms with Gasteiger partial charge in [-0.2, -0.15) is 0 Å². The highest BCUT2D eigenvalue weighted by Crippen LogP contribution is 2.24. The smallest absolute Gasteiger partial charge is 0.223 e. The molecule has 3 aromatic heterocycles. The number of H-pyrrole nitrogens is 1. The first-order chi connectivity index (χ1) is 16.3. The molecule has 1 aliphatic rings.